The van der Waals surface area contributed by atoms with Crippen molar-refractivity contribution < 1.29 is 4.57 Å². The summed E-state index contributed by atoms with van der Waals surface area (Å²) >= 11 is 3.74. The Kier molecular flexibility index (Phi) is 3.02. The number of aryl methyl sites for hydroxylation is 2. The molecule has 3 aromatic heterocycles. The summed E-state index contributed by atoms with van der Waals surface area (Å²) in [5.41, 5.74) is 4.01. The van der Waals surface area contributed by atoms with Gasteiger partial charge in [-0.25, -0.2) is 4.57 Å². The van der Waals surface area contributed by atoms with Crippen molar-refractivity contribution in [2.75, 3.05) is 0 Å². The lowest BCUT2D eigenvalue weighted by Crippen LogP contribution is -2.30. The van der Waals surface area contributed by atoms with Crippen LogP contribution in [-0.2, 0) is 7.05 Å². The van der Waals surface area contributed by atoms with Crippen LogP contribution in [0, 0.1) is 6.92 Å². The maximum absolute atomic E-state index is 2.28. The predicted octanol–water partition coefficient (Wildman–Crippen LogP) is 6.07. The van der Waals surface area contributed by atoms with Crippen molar-refractivity contribution in [3.63, 3.8) is 0 Å². The van der Waals surface area contributed by atoms with Gasteiger partial charge in [0.05, 0.1) is 15.6 Å². The lowest BCUT2D eigenvalue weighted by Gasteiger charge is -2.09. The molecular weight excluding hydrogens is 330 g/mol. The molecule has 5 rings (SSSR count). The number of rotatable bonds is 1. The van der Waals surface area contributed by atoms with Gasteiger partial charge in [-0.15, -0.1) is 22.7 Å². The molecule has 3 heteroatoms. The van der Waals surface area contributed by atoms with Crippen LogP contribution in [0.5, 0.6) is 0 Å². The number of hydrogen-bond acceptors (Lipinski definition) is 2. The Morgan fingerprint density at radius 2 is 1.79 bits per heavy atom. The van der Waals surface area contributed by atoms with E-state index in [1.54, 1.807) is 0 Å². The monoisotopic (exact) mass is 346 g/mol. The summed E-state index contributed by atoms with van der Waals surface area (Å²) in [7, 11) is 2.15. The normalized spacial score (nSPS) is 11.8. The number of pyridine rings is 1. The number of aromatic nitrogens is 1. The SMILES string of the molecule is Cc1c(-c2c3c(cc[n+]2C)sc2ccsc23)ccc2ccccc12. The molecule has 0 bridgehead atoms. The van der Waals surface area contributed by atoms with Crippen molar-refractivity contribution in [3.05, 3.63) is 65.7 Å². The number of nitrogens with zero attached hydrogens (tertiary/aromatic N) is 1. The van der Waals surface area contributed by atoms with E-state index in [2.05, 4.69) is 78.6 Å². The second kappa shape index (κ2) is 5.13. The zero-order chi connectivity index (χ0) is 16.3. The van der Waals surface area contributed by atoms with Crippen LogP contribution in [0.25, 0.3) is 41.5 Å². The zero-order valence-corrected chi connectivity index (χ0v) is 15.2. The van der Waals surface area contributed by atoms with Crippen molar-refractivity contribution in [3.8, 4) is 11.3 Å². The topological polar surface area (TPSA) is 3.88 Å². The summed E-state index contributed by atoms with van der Waals surface area (Å²) in [6, 6.07) is 17.7. The highest BCUT2D eigenvalue weighted by molar-refractivity contribution is 7.32. The van der Waals surface area contributed by atoms with Gasteiger partial charge in [0.1, 0.15) is 7.05 Å². The Labute approximate surface area is 148 Å². The van der Waals surface area contributed by atoms with E-state index in [4.69, 9.17) is 0 Å². The highest BCUT2D eigenvalue weighted by Crippen LogP contribution is 2.42. The Morgan fingerprint density at radius 3 is 2.71 bits per heavy atom. The highest BCUT2D eigenvalue weighted by atomic mass is 32.1. The molecule has 5 aromatic rings. The Morgan fingerprint density at radius 1 is 0.917 bits per heavy atom. The van der Waals surface area contributed by atoms with Crippen LogP contribution in [-0.4, -0.2) is 0 Å². The molecule has 0 aliphatic carbocycles. The van der Waals surface area contributed by atoms with Gasteiger partial charge in [-0.2, -0.15) is 0 Å². The molecule has 0 atom stereocenters. The summed E-state index contributed by atoms with van der Waals surface area (Å²) in [6.07, 6.45) is 2.19. The summed E-state index contributed by atoms with van der Waals surface area (Å²) in [4.78, 5) is 0. The molecule has 0 fully saturated rings. The van der Waals surface area contributed by atoms with E-state index in [-0.39, 0.29) is 0 Å². The third-order valence-electron chi connectivity index (χ3n) is 4.81. The van der Waals surface area contributed by atoms with Crippen molar-refractivity contribution in [2.24, 2.45) is 7.05 Å². The molecule has 1 nitrogen and oxygen atoms in total. The zero-order valence-electron chi connectivity index (χ0n) is 13.5. The minimum absolute atomic E-state index is 1.31. The van der Waals surface area contributed by atoms with Crippen LogP contribution in [0.2, 0.25) is 0 Å². The van der Waals surface area contributed by atoms with E-state index in [9.17, 15) is 0 Å². The van der Waals surface area contributed by atoms with Gasteiger partial charge in [-0.3, -0.25) is 0 Å². The first-order valence-corrected chi connectivity index (χ1v) is 9.71. The molecule has 0 radical (unpaired) electrons. The lowest BCUT2D eigenvalue weighted by atomic mass is 9.96. The Bertz CT molecular complexity index is 1230. The van der Waals surface area contributed by atoms with E-state index in [0.717, 1.165) is 0 Å². The fraction of sp³-hybridized carbons (Fsp3) is 0.0952. The van der Waals surface area contributed by atoms with Crippen molar-refractivity contribution in [1.82, 2.24) is 0 Å². The molecule has 0 saturated heterocycles. The maximum Gasteiger partial charge on any atom is 0.222 e. The van der Waals surface area contributed by atoms with Gasteiger partial charge in [0.25, 0.3) is 0 Å². The molecule has 3 heterocycles. The van der Waals surface area contributed by atoms with Gasteiger partial charge in [-0.1, -0.05) is 30.3 Å². The van der Waals surface area contributed by atoms with Crippen molar-refractivity contribution >= 4 is 52.9 Å². The summed E-state index contributed by atoms with van der Waals surface area (Å²) in [6.45, 7) is 2.24. The Hall–Kier alpha value is -2.23. The van der Waals surface area contributed by atoms with Crippen LogP contribution in [0.15, 0.2) is 60.1 Å². The van der Waals surface area contributed by atoms with Crippen molar-refractivity contribution in [2.45, 2.75) is 6.92 Å². The fourth-order valence-electron chi connectivity index (χ4n) is 3.62. The summed E-state index contributed by atoms with van der Waals surface area (Å²) < 4.78 is 6.44. The first kappa shape index (κ1) is 14.1. The first-order valence-electron chi connectivity index (χ1n) is 8.01. The number of hydrogen-bond donors (Lipinski definition) is 0. The predicted molar refractivity (Wildman–Crippen MR) is 106 cm³/mol. The van der Waals surface area contributed by atoms with Gasteiger partial charge in [0.2, 0.25) is 5.69 Å². The van der Waals surface area contributed by atoms with Gasteiger partial charge < -0.3 is 0 Å². The van der Waals surface area contributed by atoms with Gasteiger partial charge >= 0.3 is 0 Å². The lowest BCUT2D eigenvalue weighted by molar-refractivity contribution is -0.659. The van der Waals surface area contributed by atoms with E-state index in [1.165, 1.54) is 47.1 Å². The fourth-order valence-corrected chi connectivity index (χ4v) is 5.89. The largest absolute Gasteiger partial charge is 0.222 e. The summed E-state index contributed by atoms with van der Waals surface area (Å²) in [5, 5.41) is 6.24. The van der Waals surface area contributed by atoms with Crippen LogP contribution in [0.1, 0.15) is 5.56 Å². The molecule has 0 aliphatic heterocycles. The van der Waals surface area contributed by atoms with E-state index >= 15 is 0 Å². The molecule has 0 saturated carbocycles. The minimum Gasteiger partial charge on any atom is -0.200 e. The van der Waals surface area contributed by atoms with E-state index in [1.807, 2.05) is 22.7 Å². The van der Waals surface area contributed by atoms with Gasteiger partial charge in [-0.05, 0) is 40.8 Å². The van der Waals surface area contributed by atoms with Crippen LogP contribution < -0.4 is 4.57 Å². The van der Waals surface area contributed by atoms with Gasteiger partial charge in [0, 0.05) is 15.5 Å². The van der Waals surface area contributed by atoms with Crippen LogP contribution >= 0.6 is 22.7 Å². The molecule has 116 valence electrons. The molecule has 0 spiro atoms. The number of fused-ring (bicyclic) bond motifs is 4. The molecule has 0 aliphatic rings. The number of thiophene rings is 2. The van der Waals surface area contributed by atoms with E-state index < -0.39 is 0 Å². The average Bonchev–Trinajstić information content (AvgIpc) is 3.17. The maximum atomic E-state index is 2.28. The average molecular weight is 347 g/mol. The molecule has 0 unspecified atom stereocenters. The van der Waals surface area contributed by atoms with Crippen molar-refractivity contribution in [1.29, 1.82) is 0 Å². The smallest absolute Gasteiger partial charge is 0.200 e. The first-order chi connectivity index (χ1) is 11.7. The second-order valence-corrected chi connectivity index (χ2v) is 8.19. The van der Waals surface area contributed by atoms with E-state index in [0.29, 0.717) is 0 Å². The minimum atomic E-state index is 1.31. The van der Waals surface area contributed by atoms with Crippen LogP contribution in [0.4, 0.5) is 0 Å². The second-order valence-electron chi connectivity index (χ2n) is 6.19. The van der Waals surface area contributed by atoms with Crippen LogP contribution in [0.3, 0.4) is 0 Å². The van der Waals surface area contributed by atoms with Gasteiger partial charge in [0.15, 0.2) is 6.20 Å². The molecule has 0 N–H and O–H groups in total. The quantitative estimate of drug-likeness (QED) is 0.324. The standard InChI is InChI=1S/C21H16NS2/c1-13-15-6-4-3-5-14(15)7-8-16(13)20-19-17(9-11-22(20)2)24-18-10-12-23-21(18)19/h3-12H,1-2H3/q+1. The summed E-state index contributed by atoms with van der Waals surface area (Å²) in [5.74, 6) is 0. The molecular formula is C21H16NS2+. The Balaban J connectivity index is 1.95. The molecule has 0 amide bonds. The molecule has 24 heavy (non-hydrogen) atoms. The molecule has 2 aromatic carbocycles. The number of benzene rings is 2. The third-order valence-corrected chi connectivity index (χ3v) is 7.00. The highest BCUT2D eigenvalue weighted by Gasteiger charge is 2.22. The third kappa shape index (κ3) is 1.89.